The molecule has 0 amide bonds. The lowest BCUT2D eigenvalue weighted by Crippen LogP contribution is -2.39. The monoisotopic (exact) mass is 452 g/mol. The third kappa shape index (κ3) is 3.99. The van der Waals surface area contributed by atoms with Crippen molar-refractivity contribution in [1.82, 2.24) is 29.3 Å². The lowest BCUT2D eigenvalue weighted by atomic mass is 9.78. The third-order valence-corrected chi connectivity index (χ3v) is 7.10. The quantitative estimate of drug-likeness (QED) is 0.560. The Balaban J connectivity index is 1.45. The predicted octanol–water partition coefficient (Wildman–Crippen LogP) is 4.11. The largest absolute Gasteiger partial charge is 0.406 e. The Bertz CT molecular complexity index is 1120. The fraction of sp³-hybridized carbons (Fsp3) is 0.571. The number of hydrogen-bond donors (Lipinski definition) is 0. The van der Waals surface area contributed by atoms with Gasteiger partial charge in [-0.2, -0.15) is 13.2 Å². The maximum absolute atomic E-state index is 13.2. The SMILES string of the molecule is CN1CCC2(CC1)CCN(Cc1cc3c4ncnc(Cl)c4n(CC(F)(F)F)c3cn1)C2. The van der Waals surface area contributed by atoms with Gasteiger partial charge in [0.05, 0.1) is 17.4 Å². The first-order valence-corrected chi connectivity index (χ1v) is 10.9. The average molecular weight is 453 g/mol. The van der Waals surface area contributed by atoms with Crippen LogP contribution in [0.5, 0.6) is 0 Å². The van der Waals surface area contributed by atoms with Crippen LogP contribution in [0.2, 0.25) is 5.15 Å². The first-order chi connectivity index (χ1) is 14.7. The molecule has 0 bridgehead atoms. The van der Waals surface area contributed by atoms with Crippen molar-refractivity contribution in [3.63, 3.8) is 0 Å². The molecule has 5 heterocycles. The highest BCUT2D eigenvalue weighted by Crippen LogP contribution is 2.40. The molecule has 3 aromatic rings. The van der Waals surface area contributed by atoms with Crippen LogP contribution in [0, 0.1) is 5.41 Å². The van der Waals surface area contributed by atoms with Gasteiger partial charge >= 0.3 is 6.18 Å². The highest BCUT2D eigenvalue weighted by Gasteiger charge is 2.40. The van der Waals surface area contributed by atoms with Gasteiger partial charge in [0.15, 0.2) is 5.15 Å². The smallest absolute Gasteiger partial charge is 0.326 e. The molecule has 1 spiro atoms. The van der Waals surface area contributed by atoms with Crippen molar-refractivity contribution in [2.24, 2.45) is 5.41 Å². The first kappa shape index (κ1) is 20.9. The Kier molecular flexibility index (Phi) is 5.10. The highest BCUT2D eigenvalue weighted by molar-refractivity contribution is 6.34. The molecule has 6 nitrogen and oxygen atoms in total. The van der Waals surface area contributed by atoms with Crippen LogP contribution >= 0.6 is 11.6 Å². The second-order valence-corrected chi connectivity index (χ2v) is 9.38. The molecule has 3 aromatic heterocycles. The van der Waals surface area contributed by atoms with E-state index in [-0.39, 0.29) is 10.7 Å². The first-order valence-electron chi connectivity index (χ1n) is 10.5. The van der Waals surface area contributed by atoms with E-state index in [0.29, 0.717) is 28.4 Å². The normalized spacial score (nSPS) is 20.4. The average Bonchev–Trinajstić information content (AvgIpc) is 3.24. The van der Waals surface area contributed by atoms with Gasteiger partial charge in [0.25, 0.3) is 0 Å². The summed E-state index contributed by atoms with van der Waals surface area (Å²) in [6.45, 7) is 3.86. The molecule has 0 atom stereocenters. The van der Waals surface area contributed by atoms with Gasteiger partial charge in [0.2, 0.25) is 0 Å². The summed E-state index contributed by atoms with van der Waals surface area (Å²) in [4.78, 5) is 17.4. The predicted molar refractivity (Wildman–Crippen MR) is 113 cm³/mol. The number of aromatic nitrogens is 4. The Morgan fingerprint density at radius 3 is 2.58 bits per heavy atom. The van der Waals surface area contributed by atoms with Crippen molar-refractivity contribution in [3.05, 3.63) is 29.4 Å². The van der Waals surface area contributed by atoms with Crippen LogP contribution in [0.3, 0.4) is 0 Å². The Labute approximate surface area is 183 Å². The Morgan fingerprint density at radius 2 is 1.84 bits per heavy atom. The van der Waals surface area contributed by atoms with Crippen LogP contribution in [0.15, 0.2) is 18.6 Å². The molecule has 0 radical (unpaired) electrons. The summed E-state index contributed by atoms with van der Waals surface area (Å²) in [5.41, 5.74) is 2.21. The zero-order valence-electron chi connectivity index (χ0n) is 17.3. The van der Waals surface area contributed by atoms with Gasteiger partial charge in [-0.1, -0.05) is 11.6 Å². The molecule has 2 fully saturated rings. The van der Waals surface area contributed by atoms with Gasteiger partial charge in [-0.05, 0) is 57.4 Å². The van der Waals surface area contributed by atoms with E-state index in [2.05, 4.69) is 31.8 Å². The van der Waals surface area contributed by atoms with Crippen molar-refractivity contribution >= 4 is 33.5 Å². The second-order valence-electron chi connectivity index (χ2n) is 9.02. The molecule has 0 saturated carbocycles. The molecular formula is C21H24ClF3N6. The van der Waals surface area contributed by atoms with Crippen molar-refractivity contribution < 1.29 is 13.2 Å². The minimum Gasteiger partial charge on any atom is -0.326 e. The number of halogens is 4. The van der Waals surface area contributed by atoms with E-state index in [0.717, 1.165) is 36.4 Å². The molecule has 0 aromatic carbocycles. The fourth-order valence-corrected chi connectivity index (χ4v) is 5.37. The zero-order valence-corrected chi connectivity index (χ0v) is 18.0. The topological polar surface area (TPSA) is 50.1 Å². The third-order valence-electron chi connectivity index (χ3n) is 6.82. The van der Waals surface area contributed by atoms with Crippen LogP contribution in [-0.4, -0.2) is 68.7 Å². The standard InChI is InChI=1S/C21H24ClF3N6/c1-29-5-2-20(3-6-29)4-7-30(11-20)10-14-8-15-16(9-26-14)31(12-21(23,24)25)18-17(15)27-13-28-19(18)22/h8-9,13H,2-7,10-12H2,1H3. The van der Waals surface area contributed by atoms with Gasteiger partial charge in [0.1, 0.15) is 23.9 Å². The van der Waals surface area contributed by atoms with E-state index in [1.807, 2.05) is 6.07 Å². The number of rotatable bonds is 3. The lowest BCUT2D eigenvalue weighted by molar-refractivity contribution is -0.139. The summed E-state index contributed by atoms with van der Waals surface area (Å²) in [7, 11) is 2.17. The minimum absolute atomic E-state index is 0.00995. The number of pyridine rings is 1. The van der Waals surface area contributed by atoms with Crippen molar-refractivity contribution in [1.29, 1.82) is 0 Å². The Morgan fingerprint density at radius 1 is 1.10 bits per heavy atom. The van der Waals surface area contributed by atoms with Crippen molar-refractivity contribution in [2.75, 3.05) is 33.2 Å². The van der Waals surface area contributed by atoms with E-state index in [4.69, 9.17) is 11.6 Å². The number of likely N-dealkylation sites (tertiary alicyclic amines) is 2. The van der Waals surface area contributed by atoms with Crippen LogP contribution in [0.25, 0.3) is 21.9 Å². The summed E-state index contributed by atoms with van der Waals surface area (Å²) in [5.74, 6) is 0. The summed E-state index contributed by atoms with van der Waals surface area (Å²) >= 11 is 6.16. The van der Waals surface area contributed by atoms with Gasteiger partial charge in [-0.15, -0.1) is 0 Å². The number of alkyl halides is 3. The maximum Gasteiger partial charge on any atom is 0.406 e. The van der Waals surface area contributed by atoms with Gasteiger partial charge in [-0.3, -0.25) is 9.88 Å². The molecule has 2 saturated heterocycles. The molecule has 31 heavy (non-hydrogen) atoms. The molecule has 0 unspecified atom stereocenters. The Hall–Kier alpha value is -1.97. The summed E-state index contributed by atoms with van der Waals surface area (Å²) in [6.07, 6.45) is 2.02. The van der Waals surface area contributed by atoms with Gasteiger partial charge < -0.3 is 9.47 Å². The summed E-state index contributed by atoms with van der Waals surface area (Å²) in [6, 6.07) is 1.85. The molecule has 10 heteroatoms. The molecular weight excluding hydrogens is 429 g/mol. The number of fused-ring (bicyclic) bond motifs is 3. The number of hydrogen-bond acceptors (Lipinski definition) is 5. The van der Waals surface area contributed by atoms with Gasteiger partial charge in [0, 0.05) is 18.5 Å². The molecule has 0 aliphatic carbocycles. The molecule has 5 rings (SSSR count). The maximum atomic E-state index is 13.2. The molecule has 2 aliphatic rings. The second kappa shape index (κ2) is 7.56. The van der Waals surface area contributed by atoms with Crippen molar-refractivity contribution in [2.45, 2.75) is 38.5 Å². The van der Waals surface area contributed by atoms with Crippen LogP contribution in [-0.2, 0) is 13.1 Å². The van der Waals surface area contributed by atoms with E-state index in [1.54, 1.807) is 0 Å². The van der Waals surface area contributed by atoms with Crippen LogP contribution in [0.1, 0.15) is 25.0 Å². The molecule has 2 aliphatic heterocycles. The number of piperidine rings is 1. The van der Waals surface area contributed by atoms with E-state index < -0.39 is 12.7 Å². The molecule has 0 N–H and O–H groups in total. The lowest BCUT2D eigenvalue weighted by Gasteiger charge is -2.37. The summed E-state index contributed by atoms with van der Waals surface area (Å²) in [5, 5.41) is 0.637. The van der Waals surface area contributed by atoms with Crippen LogP contribution in [0.4, 0.5) is 13.2 Å². The minimum atomic E-state index is -4.39. The highest BCUT2D eigenvalue weighted by atomic mass is 35.5. The van der Waals surface area contributed by atoms with E-state index >= 15 is 0 Å². The van der Waals surface area contributed by atoms with E-state index in [9.17, 15) is 13.2 Å². The summed E-state index contributed by atoms with van der Waals surface area (Å²) < 4.78 is 40.8. The zero-order chi connectivity index (χ0) is 21.8. The fourth-order valence-electron chi connectivity index (χ4n) is 5.13. The van der Waals surface area contributed by atoms with E-state index in [1.165, 1.54) is 31.8 Å². The number of nitrogens with zero attached hydrogens (tertiary/aromatic N) is 6. The van der Waals surface area contributed by atoms with Crippen molar-refractivity contribution in [3.8, 4) is 0 Å². The molecule has 166 valence electrons. The van der Waals surface area contributed by atoms with Crippen LogP contribution < -0.4 is 0 Å². The van der Waals surface area contributed by atoms with Gasteiger partial charge in [-0.25, -0.2) is 9.97 Å².